The predicted octanol–water partition coefficient (Wildman–Crippen LogP) is 3.26. The quantitative estimate of drug-likeness (QED) is 0.486. The van der Waals surface area contributed by atoms with Crippen molar-refractivity contribution in [2.75, 3.05) is 29.9 Å². The number of carbonyl (C=O) groups excluding carboxylic acids is 1. The highest BCUT2D eigenvalue weighted by Gasteiger charge is 2.20. The smallest absolute Gasteiger partial charge is 0.239 e. The summed E-state index contributed by atoms with van der Waals surface area (Å²) < 4.78 is 1.89. The third kappa shape index (κ3) is 5.70. The lowest BCUT2D eigenvalue weighted by atomic mass is 10.1. The van der Waals surface area contributed by atoms with Crippen molar-refractivity contribution in [1.82, 2.24) is 19.9 Å². The number of rotatable bonds is 7. The molecule has 1 saturated heterocycles. The number of halogens is 2. The number of nitrogens with zero attached hydrogens (tertiary/aromatic N) is 4. The summed E-state index contributed by atoms with van der Waals surface area (Å²) in [4.78, 5) is 23.7. The average Bonchev–Trinajstić information content (AvgIpc) is 3.32. The highest BCUT2D eigenvalue weighted by Crippen LogP contribution is 2.22. The van der Waals surface area contributed by atoms with E-state index in [2.05, 4.69) is 20.6 Å². The minimum Gasteiger partial charge on any atom is -0.393 e. The summed E-state index contributed by atoms with van der Waals surface area (Å²) in [5.41, 5.74) is 0.788. The molecule has 10 heteroatoms. The van der Waals surface area contributed by atoms with Gasteiger partial charge in [-0.15, -0.1) is 0 Å². The number of nitrogens with one attached hydrogen (secondary N) is 2. The zero-order valence-electron chi connectivity index (χ0n) is 17.3. The third-order valence-corrected chi connectivity index (χ3v) is 5.83. The Morgan fingerprint density at radius 1 is 1.12 bits per heavy atom. The minimum absolute atomic E-state index is 0.0471. The molecule has 0 bridgehead atoms. The molecule has 1 aromatic carbocycles. The number of aromatic nitrogens is 3. The molecule has 1 amide bonds. The van der Waals surface area contributed by atoms with Crippen LogP contribution in [-0.2, 0) is 11.3 Å². The second kappa shape index (κ2) is 10.2. The van der Waals surface area contributed by atoms with Gasteiger partial charge in [-0.3, -0.25) is 4.79 Å². The second-order valence-electron chi connectivity index (χ2n) is 7.59. The van der Waals surface area contributed by atoms with Crippen LogP contribution in [0.15, 0.2) is 48.8 Å². The first-order chi connectivity index (χ1) is 15.5. The van der Waals surface area contributed by atoms with Crippen LogP contribution in [0, 0.1) is 0 Å². The van der Waals surface area contributed by atoms with Crippen LogP contribution < -0.4 is 15.5 Å². The molecular weight excluding hydrogens is 451 g/mol. The lowest BCUT2D eigenvalue weighted by Crippen LogP contribution is -2.37. The van der Waals surface area contributed by atoms with E-state index in [9.17, 15) is 9.90 Å². The van der Waals surface area contributed by atoms with E-state index in [4.69, 9.17) is 23.2 Å². The molecule has 0 saturated carbocycles. The topological polar surface area (TPSA) is 95.3 Å². The molecule has 4 rings (SSSR count). The standard InChI is InChI=1S/C22H24Cl2N6O2/c23-16-4-3-15(18(24)11-16)13-26-21(32)14-25-19-12-20(29-7-1-2-8-29)28-22(27-19)30-9-5-17(31)6-10-30/h1-4,7-8,11-12,17,31H,5-6,9-10,13-14H2,(H,26,32)(H,25,27,28). The van der Waals surface area contributed by atoms with Crippen LogP contribution in [0.4, 0.5) is 11.8 Å². The Morgan fingerprint density at radius 2 is 1.88 bits per heavy atom. The van der Waals surface area contributed by atoms with Crippen LogP contribution in [0.25, 0.3) is 5.82 Å². The number of amides is 1. The highest BCUT2D eigenvalue weighted by molar-refractivity contribution is 6.35. The van der Waals surface area contributed by atoms with Crippen LogP contribution in [0.1, 0.15) is 18.4 Å². The van der Waals surface area contributed by atoms with Gasteiger partial charge < -0.3 is 25.2 Å². The number of carbonyl (C=O) groups is 1. The summed E-state index contributed by atoms with van der Waals surface area (Å²) in [6, 6.07) is 10.8. The van der Waals surface area contributed by atoms with E-state index in [0.29, 0.717) is 60.1 Å². The van der Waals surface area contributed by atoms with Gasteiger partial charge in [0.25, 0.3) is 0 Å². The van der Waals surface area contributed by atoms with Gasteiger partial charge in [-0.2, -0.15) is 9.97 Å². The van der Waals surface area contributed by atoms with Gasteiger partial charge in [-0.1, -0.05) is 29.3 Å². The highest BCUT2D eigenvalue weighted by atomic mass is 35.5. The zero-order chi connectivity index (χ0) is 22.5. The number of hydrogen-bond donors (Lipinski definition) is 3. The zero-order valence-corrected chi connectivity index (χ0v) is 18.9. The van der Waals surface area contributed by atoms with Crippen molar-refractivity contribution in [3.63, 3.8) is 0 Å². The van der Waals surface area contributed by atoms with Gasteiger partial charge in [0.1, 0.15) is 11.6 Å². The van der Waals surface area contributed by atoms with Crippen molar-refractivity contribution in [3.8, 4) is 5.82 Å². The minimum atomic E-state index is -0.283. The maximum absolute atomic E-state index is 12.4. The molecule has 32 heavy (non-hydrogen) atoms. The summed E-state index contributed by atoms with van der Waals surface area (Å²) >= 11 is 12.1. The molecule has 0 unspecified atom stereocenters. The largest absolute Gasteiger partial charge is 0.393 e. The van der Waals surface area contributed by atoms with Gasteiger partial charge in [0.2, 0.25) is 11.9 Å². The van der Waals surface area contributed by atoms with Gasteiger partial charge in [-0.25, -0.2) is 0 Å². The number of aliphatic hydroxyl groups is 1. The van der Waals surface area contributed by atoms with E-state index in [1.807, 2.05) is 34.0 Å². The normalized spacial score (nSPS) is 14.4. The van der Waals surface area contributed by atoms with E-state index in [1.54, 1.807) is 24.3 Å². The average molecular weight is 475 g/mol. The van der Waals surface area contributed by atoms with E-state index in [-0.39, 0.29) is 18.6 Å². The van der Waals surface area contributed by atoms with Crippen molar-refractivity contribution in [2.45, 2.75) is 25.5 Å². The molecule has 3 N–H and O–H groups in total. The van der Waals surface area contributed by atoms with Crippen molar-refractivity contribution in [3.05, 3.63) is 64.4 Å². The summed E-state index contributed by atoms with van der Waals surface area (Å²) in [6.45, 7) is 1.71. The van der Waals surface area contributed by atoms with E-state index >= 15 is 0 Å². The number of anilines is 2. The molecule has 3 heterocycles. The molecule has 8 nitrogen and oxygen atoms in total. The first-order valence-electron chi connectivity index (χ1n) is 10.4. The van der Waals surface area contributed by atoms with E-state index < -0.39 is 0 Å². The number of piperidine rings is 1. The second-order valence-corrected chi connectivity index (χ2v) is 8.43. The SMILES string of the molecule is O=C(CNc1cc(-n2cccc2)nc(N2CCC(O)CC2)n1)NCc1ccc(Cl)cc1Cl. The molecule has 1 aliphatic heterocycles. The monoisotopic (exact) mass is 474 g/mol. The summed E-state index contributed by atoms with van der Waals surface area (Å²) in [6.07, 6.45) is 4.87. The first-order valence-corrected chi connectivity index (χ1v) is 11.1. The number of aliphatic hydroxyl groups excluding tert-OH is 1. The molecule has 1 aliphatic rings. The lowest BCUT2D eigenvalue weighted by Gasteiger charge is -2.30. The van der Waals surface area contributed by atoms with E-state index in [1.165, 1.54) is 0 Å². The maximum Gasteiger partial charge on any atom is 0.239 e. The molecular formula is C22H24Cl2N6O2. The molecule has 0 radical (unpaired) electrons. The van der Waals surface area contributed by atoms with Gasteiger partial charge in [-0.05, 0) is 42.7 Å². The van der Waals surface area contributed by atoms with Gasteiger partial charge in [0.15, 0.2) is 0 Å². The van der Waals surface area contributed by atoms with Crippen LogP contribution in [-0.4, -0.2) is 51.3 Å². The summed E-state index contributed by atoms with van der Waals surface area (Å²) in [5.74, 6) is 1.62. The third-order valence-electron chi connectivity index (χ3n) is 5.24. The number of benzene rings is 1. The van der Waals surface area contributed by atoms with Crippen LogP contribution >= 0.6 is 23.2 Å². The Bertz CT molecular complexity index is 1070. The van der Waals surface area contributed by atoms with E-state index in [0.717, 1.165) is 5.56 Å². The fraction of sp³-hybridized carbons (Fsp3) is 0.318. The molecule has 0 atom stereocenters. The number of hydrogen-bond acceptors (Lipinski definition) is 6. The summed E-state index contributed by atoms with van der Waals surface area (Å²) in [5, 5.41) is 16.8. The Morgan fingerprint density at radius 3 is 2.59 bits per heavy atom. The van der Waals surface area contributed by atoms with Crippen LogP contribution in [0.3, 0.4) is 0 Å². The Labute approximate surface area is 196 Å². The molecule has 0 aliphatic carbocycles. The maximum atomic E-state index is 12.4. The lowest BCUT2D eigenvalue weighted by molar-refractivity contribution is -0.119. The fourth-order valence-electron chi connectivity index (χ4n) is 3.43. The van der Waals surface area contributed by atoms with Crippen molar-refractivity contribution in [1.29, 1.82) is 0 Å². The first kappa shape index (κ1) is 22.4. The van der Waals surface area contributed by atoms with Gasteiger partial charge >= 0.3 is 0 Å². The predicted molar refractivity (Wildman–Crippen MR) is 126 cm³/mol. The fourth-order valence-corrected chi connectivity index (χ4v) is 3.91. The van der Waals surface area contributed by atoms with Crippen molar-refractivity contribution < 1.29 is 9.90 Å². The molecule has 2 aromatic heterocycles. The molecule has 3 aromatic rings. The Hall–Kier alpha value is -2.81. The van der Waals surface area contributed by atoms with Crippen LogP contribution in [0.5, 0.6) is 0 Å². The van der Waals surface area contributed by atoms with Crippen LogP contribution in [0.2, 0.25) is 10.0 Å². The van der Waals surface area contributed by atoms with Crippen molar-refractivity contribution >= 4 is 40.9 Å². The summed E-state index contributed by atoms with van der Waals surface area (Å²) in [7, 11) is 0. The van der Waals surface area contributed by atoms with Gasteiger partial charge in [0, 0.05) is 48.1 Å². The molecule has 1 fully saturated rings. The Balaban J connectivity index is 1.43. The molecule has 168 valence electrons. The Kier molecular flexibility index (Phi) is 7.14. The van der Waals surface area contributed by atoms with Gasteiger partial charge in [0.05, 0.1) is 12.6 Å². The molecule has 0 spiro atoms. The van der Waals surface area contributed by atoms with Crippen molar-refractivity contribution in [2.24, 2.45) is 0 Å².